The molecule has 0 amide bonds. The zero-order valence-electron chi connectivity index (χ0n) is 10.6. The van der Waals surface area contributed by atoms with Gasteiger partial charge in [-0.2, -0.15) is 0 Å². The first-order chi connectivity index (χ1) is 8.83. The van der Waals surface area contributed by atoms with Gasteiger partial charge in [0.15, 0.2) is 0 Å². The average Bonchev–Trinajstić information content (AvgIpc) is 2.45. The molecule has 1 aliphatic carbocycles. The van der Waals surface area contributed by atoms with Crippen LogP contribution in [0.5, 0.6) is 0 Å². The molecule has 0 atom stereocenters. The smallest absolute Gasteiger partial charge is 0.132 e. The van der Waals surface area contributed by atoms with Crippen molar-refractivity contribution >= 4 is 5.71 Å². The van der Waals surface area contributed by atoms with Crippen molar-refractivity contribution in [1.82, 2.24) is 0 Å². The van der Waals surface area contributed by atoms with Gasteiger partial charge in [0, 0.05) is 18.6 Å². The molecule has 0 aromatic heterocycles. The third kappa shape index (κ3) is 3.53. The lowest BCUT2D eigenvalue weighted by Gasteiger charge is -2.22. The number of halogens is 1. The molecule has 4 heteroatoms. The number of benzene rings is 1. The van der Waals surface area contributed by atoms with E-state index in [1.54, 1.807) is 18.2 Å². The van der Waals surface area contributed by atoms with E-state index >= 15 is 0 Å². The summed E-state index contributed by atoms with van der Waals surface area (Å²) in [7, 11) is 1.00. The average molecular weight is 253 g/mol. The van der Waals surface area contributed by atoms with Gasteiger partial charge in [0.05, 0.1) is 5.71 Å². The summed E-state index contributed by atoms with van der Waals surface area (Å²) >= 11 is 0. The Morgan fingerprint density at radius 1 is 1.17 bits per heavy atom. The maximum atomic E-state index is 13.6. The number of hydrogen-bond donors (Lipinski definition) is 2. The summed E-state index contributed by atoms with van der Waals surface area (Å²) in [4.78, 5) is 0. The normalized spacial score (nSPS) is 16.9. The topological polar surface area (TPSA) is 52.8 Å². The van der Waals surface area contributed by atoms with Gasteiger partial charge in [-0.05, 0) is 18.9 Å². The van der Waals surface area contributed by atoms with E-state index in [-0.39, 0.29) is 11.7 Å². The second-order valence-electron chi connectivity index (χ2n) is 4.30. The van der Waals surface area contributed by atoms with E-state index in [2.05, 4.69) is 5.16 Å². The molecule has 1 aromatic rings. The molecular formula is C14H20FNO2. The lowest BCUT2D eigenvalue weighted by Crippen LogP contribution is -2.20. The minimum atomic E-state index is -0.305. The van der Waals surface area contributed by atoms with Crippen molar-refractivity contribution in [2.75, 3.05) is 7.11 Å². The van der Waals surface area contributed by atoms with E-state index in [4.69, 9.17) is 10.3 Å². The van der Waals surface area contributed by atoms with Gasteiger partial charge in [-0.25, -0.2) is 4.39 Å². The van der Waals surface area contributed by atoms with Crippen LogP contribution >= 0.6 is 0 Å². The molecule has 0 saturated heterocycles. The number of nitrogens with zero attached hydrogens (tertiary/aromatic N) is 1. The molecule has 0 heterocycles. The standard InChI is InChI=1S/C13H16FNO.CH4O/c14-12-9-5-4-8-11(12)13(15-16)10-6-2-1-3-7-10;1-2/h4-5,8-10,16H,1-3,6-7H2;2H,1H3/b15-13+;. The van der Waals surface area contributed by atoms with E-state index < -0.39 is 0 Å². The summed E-state index contributed by atoms with van der Waals surface area (Å²) in [6.07, 6.45) is 5.49. The largest absolute Gasteiger partial charge is 0.411 e. The molecule has 3 nitrogen and oxygen atoms in total. The molecule has 1 fully saturated rings. The van der Waals surface area contributed by atoms with Crippen LogP contribution in [0, 0.1) is 11.7 Å². The number of oxime groups is 1. The predicted octanol–water partition coefficient (Wildman–Crippen LogP) is 3.19. The van der Waals surface area contributed by atoms with Crippen LogP contribution in [-0.4, -0.2) is 23.1 Å². The van der Waals surface area contributed by atoms with Crippen LogP contribution in [-0.2, 0) is 0 Å². The highest BCUT2D eigenvalue weighted by Crippen LogP contribution is 2.28. The van der Waals surface area contributed by atoms with Gasteiger partial charge >= 0.3 is 0 Å². The summed E-state index contributed by atoms with van der Waals surface area (Å²) < 4.78 is 13.6. The highest BCUT2D eigenvalue weighted by atomic mass is 19.1. The molecule has 2 rings (SSSR count). The maximum Gasteiger partial charge on any atom is 0.132 e. The van der Waals surface area contributed by atoms with Crippen LogP contribution in [0.3, 0.4) is 0 Å². The molecule has 1 aliphatic rings. The van der Waals surface area contributed by atoms with E-state index in [0.29, 0.717) is 11.3 Å². The molecule has 0 unspecified atom stereocenters. The third-order valence-corrected chi connectivity index (χ3v) is 3.25. The molecule has 0 bridgehead atoms. The molecule has 1 aromatic carbocycles. The summed E-state index contributed by atoms with van der Waals surface area (Å²) in [6, 6.07) is 6.50. The summed E-state index contributed by atoms with van der Waals surface area (Å²) in [5.41, 5.74) is 0.953. The molecule has 2 N–H and O–H groups in total. The van der Waals surface area contributed by atoms with Crippen LogP contribution in [0.15, 0.2) is 29.4 Å². The minimum absolute atomic E-state index is 0.204. The highest BCUT2D eigenvalue weighted by molar-refractivity contribution is 6.02. The van der Waals surface area contributed by atoms with Crippen molar-refractivity contribution in [2.24, 2.45) is 11.1 Å². The van der Waals surface area contributed by atoms with Crippen molar-refractivity contribution in [3.05, 3.63) is 35.6 Å². The Hall–Kier alpha value is -1.42. The fourth-order valence-electron chi connectivity index (χ4n) is 2.40. The van der Waals surface area contributed by atoms with Crippen LogP contribution in [0.4, 0.5) is 4.39 Å². The molecule has 0 aliphatic heterocycles. The maximum absolute atomic E-state index is 13.6. The number of rotatable bonds is 2. The summed E-state index contributed by atoms with van der Waals surface area (Å²) in [5, 5.41) is 19.4. The quantitative estimate of drug-likeness (QED) is 0.483. The molecular weight excluding hydrogens is 233 g/mol. The van der Waals surface area contributed by atoms with Crippen molar-refractivity contribution in [3.63, 3.8) is 0 Å². The van der Waals surface area contributed by atoms with E-state index in [9.17, 15) is 4.39 Å². The first-order valence-electron chi connectivity index (χ1n) is 6.24. The molecule has 1 saturated carbocycles. The minimum Gasteiger partial charge on any atom is -0.411 e. The lowest BCUT2D eigenvalue weighted by atomic mass is 9.83. The Morgan fingerprint density at radius 2 is 1.78 bits per heavy atom. The van der Waals surface area contributed by atoms with Gasteiger partial charge in [0.2, 0.25) is 0 Å². The summed E-state index contributed by atoms with van der Waals surface area (Å²) in [6.45, 7) is 0. The first-order valence-corrected chi connectivity index (χ1v) is 6.24. The monoisotopic (exact) mass is 253 g/mol. The van der Waals surface area contributed by atoms with Crippen molar-refractivity contribution in [3.8, 4) is 0 Å². The SMILES string of the molecule is CO.O/N=C(/c1ccccc1F)C1CCCCC1. The number of aliphatic hydroxyl groups is 1. The van der Waals surface area contributed by atoms with Gasteiger partial charge in [0.25, 0.3) is 0 Å². The Bertz CT molecular complexity index is 387. The Labute approximate surface area is 107 Å². The van der Waals surface area contributed by atoms with Gasteiger partial charge in [-0.1, -0.05) is 42.6 Å². The molecule has 0 radical (unpaired) electrons. The van der Waals surface area contributed by atoms with Crippen LogP contribution in [0.25, 0.3) is 0 Å². The summed E-state index contributed by atoms with van der Waals surface area (Å²) in [5.74, 6) is -0.100. The van der Waals surface area contributed by atoms with E-state index in [1.165, 1.54) is 12.5 Å². The molecule has 0 spiro atoms. The Balaban J connectivity index is 0.000000771. The van der Waals surface area contributed by atoms with Gasteiger partial charge < -0.3 is 10.3 Å². The van der Waals surface area contributed by atoms with Gasteiger partial charge in [-0.15, -0.1) is 0 Å². The van der Waals surface area contributed by atoms with Crippen molar-refractivity contribution < 1.29 is 14.7 Å². The van der Waals surface area contributed by atoms with E-state index in [1.807, 2.05) is 0 Å². The number of aliphatic hydroxyl groups excluding tert-OH is 1. The Kier molecular flexibility index (Phi) is 6.36. The zero-order valence-corrected chi connectivity index (χ0v) is 10.6. The zero-order chi connectivity index (χ0) is 13.4. The fraction of sp³-hybridized carbons (Fsp3) is 0.500. The second kappa shape index (κ2) is 7.82. The molecule has 18 heavy (non-hydrogen) atoms. The Morgan fingerprint density at radius 3 is 2.33 bits per heavy atom. The van der Waals surface area contributed by atoms with Gasteiger partial charge in [0.1, 0.15) is 5.82 Å². The van der Waals surface area contributed by atoms with Crippen molar-refractivity contribution in [1.29, 1.82) is 0 Å². The van der Waals surface area contributed by atoms with Gasteiger partial charge in [-0.3, -0.25) is 0 Å². The van der Waals surface area contributed by atoms with Crippen molar-refractivity contribution in [2.45, 2.75) is 32.1 Å². The number of hydrogen-bond acceptors (Lipinski definition) is 3. The van der Waals surface area contributed by atoms with Crippen LogP contribution < -0.4 is 0 Å². The highest BCUT2D eigenvalue weighted by Gasteiger charge is 2.22. The predicted molar refractivity (Wildman–Crippen MR) is 69.4 cm³/mol. The fourth-order valence-corrected chi connectivity index (χ4v) is 2.40. The second-order valence-corrected chi connectivity index (χ2v) is 4.30. The first kappa shape index (κ1) is 14.6. The lowest BCUT2D eigenvalue weighted by molar-refractivity contribution is 0.310. The third-order valence-electron chi connectivity index (χ3n) is 3.25. The van der Waals surface area contributed by atoms with E-state index in [0.717, 1.165) is 32.8 Å². The molecule has 100 valence electrons. The van der Waals surface area contributed by atoms with Crippen LogP contribution in [0.2, 0.25) is 0 Å². The van der Waals surface area contributed by atoms with Crippen LogP contribution in [0.1, 0.15) is 37.7 Å².